The Bertz CT molecular complexity index is 701. The molecule has 5 nitrogen and oxygen atoms in total. The Morgan fingerprint density at radius 1 is 1.04 bits per heavy atom. The minimum Gasteiger partial charge on any atom is -0.481 e. The smallest absolute Gasteiger partial charge is 0.315 e. The van der Waals surface area contributed by atoms with Crippen molar-refractivity contribution < 1.29 is 14.7 Å². The molecule has 25 heavy (non-hydrogen) atoms. The number of amides is 2. The normalized spacial score (nSPS) is 11.6. The van der Waals surface area contributed by atoms with E-state index in [1.165, 1.54) is 0 Å². The van der Waals surface area contributed by atoms with Crippen LogP contribution in [-0.4, -0.2) is 23.1 Å². The first-order chi connectivity index (χ1) is 12.0. The lowest BCUT2D eigenvalue weighted by molar-refractivity contribution is -0.137. The lowest BCUT2D eigenvalue weighted by Crippen LogP contribution is -2.43. The number of aliphatic carboxylic acids is 1. The molecule has 2 aromatic carbocycles. The molecule has 0 aliphatic carbocycles. The zero-order valence-corrected chi connectivity index (χ0v) is 14.4. The number of aryl methyl sites for hydroxylation is 1. The first kappa shape index (κ1) is 18.5. The van der Waals surface area contributed by atoms with Crippen LogP contribution in [0.15, 0.2) is 54.6 Å². The number of carbonyl (C=O) groups is 2. The molecule has 0 spiro atoms. The van der Waals surface area contributed by atoms with Gasteiger partial charge in [0.15, 0.2) is 0 Å². The average Bonchev–Trinajstić information content (AvgIpc) is 2.59. The maximum atomic E-state index is 12.2. The second kappa shape index (κ2) is 9.47. The van der Waals surface area contributed by atoms with Crippen LogP contribution < -0.4 is 10.6 Å². The van der Waals surface area contributed by atoms with E-state index in [0.29, 0.717) is 19.4 Å². The van der Waals surface area contributed by atoms with Crippen molar-refractivity contribution in [3.63, 3.8) is 0 Å². The Kier molecular flexibility index (Phi) is 7.01. The van der Waals surface area contributed by atoms with E-state index in [1.54, 1.807) is 0 Å². The minimum absolute atomic E-state index is 0.0235. The van der Waals surface area contributed by atoms with Crippen molar-refractivity contribution in [1.82, 2.24) is 10.6 Å². The highest BCUT2D eigenvalue weighted by molar-refractivity contribution is 5.74. The number of urea groups is 1. The lowest BCUT2D eigenvalue weighted by atomic mass is 10.0. The molecule has 2 amide bonds. The highest BCUT2D eigenvalue weighted by atomic mass is 16.4. The van der Waals surface area contributed by atoms with Crippen molar-refractivity contribution in [2.75, 3.05) is 0 Å². The van der Waals surface area contributed by atoms with E-state index in [1.807, 2.05) is 61.5 Å². The van der Waals surface area contributed by atoms with Gasteiger partial charge in [0, 0.05) is 19.0 Å². The van der Waals surface area contributed by atoms with Crippen LogP contribution in [-0.2, 0) is 17.8 Å². The largest absolute Gasteiger partial charge is 0.481 e. The Hall–Kier alpha value is -2.82. The van der Waals surface area contributed by atoms with Gasteiger partial charge in [0.2, 0.25) is 0 Å². The summed E-state index contributed by atoms with van der Waals surface area (Å²) in [4.78, 5) is 23.0. The maximum Gasteiger partial charge on any atom is 0.315 e. The molecule has 1 atom stereocenters. The molecule has 0 fully saturated rings. The van der Waals surface area contributed by atoms with Crippen LogP contribution in [0.4, 0.5) is 4.79 Å². The number of benzene rings is 2. The van der Waals surface area contributed by atoms with Gasteiger partial charge in [-0.25, -0.2) is 4.79 Å². The number of carboxylic acid groups (broad SMARTS) is 1. The van der Waals surface area contributed by atoms with Crippen molar-refractivity contribution in [1.29, 1.82) is 0 Å². The predicted octanol–water partition coefficient (Wildman–Crippen LogP) is 3.27. The van der Waals surface area contributed by atoms with Crippen LogP contribution in [0.25, 0.3) is 0 Å². The molecule has 5 heteroatoms. The fourth-order valence-corrected chi connectivity index (χ4v) is 2.66. The van der Waals surface area contributed by atoms with Crippen LogP contribution in [0.5, 0.6) is 0 Å². The van der Waals surface area contributed by atoms with E-state index in [4.69, 9.17) is 5.11 Å². The summed E-state index contributed by atoms with van der Waals surface area (Å²) in [7, 11) is 0. The third-order valence-electron chi connectivity index (χ3n) is 3.90. The van der Waals surface area contributed by atoms with Gasteiger partial charge in [0.25, 0.3) is 0 Å². The number of carboxylic acids is 1. The molecule has 0 saturated heterocycles. The van der Waals surface area contributed by atoms with Gasteiger partial charge in [-0.3, -0.25) is 4.79 Å². The van der Waals surface area contributed by atoms with Crippen molar-refractivity contribution in [2.45, 2.75) is 38.8 Å². The topological polar surface area (TPSA) is 78.4 Å². The molecule has 2 rings (SSSR count). The summed E-state index contributed by atoms with van der Waals surface area (Å²) in [6.07, 6.45) is 1.02. The Morgan fingerprint density at radius 2 is 1.76 bits per heavy atom. The molecule has 3 N–H and O–H groups in total. The lowest BCUT2D eigenvalue weighted by Gasteiger charge is -2.19. The van der Waals surface area contributed by atoms with E-state index < -0.39 is 5.97 Å². The van der Waals surface area contributed by atoms with E-state index in [0.717, 1.165) is 16.7 Å². The maximum absolute atomic E-state index is 12.2. The summed E-state index contributed by atoms with van der Waals surface area (Å²) in [6.45, 7) is 2.44. The Morgan fingerprint density at radius 3 is 2.44 bits per heavy atom. The van der Waals surface area contributed by atoms with E-state index in [9.17, 15) is 9.59 Å². The van der Waals surface area contributed by atoms with E-state index in [2.05, 4.69) is 10.6 Å². The fraction of sp³-hybridized carbons (Fsp3) is 0.300. The molecule has 0 bridgehead atoms. The van der Waals surface area contributed by atoms with Crippen molar-refractivity contribution in [2.24, 2.45) is 0 Å². The summed E-state index contributed by atoms with van der Waals surface area (Å²) in [5.41, 5.74) is 3.24. The molecule has 1 unspecified atom stereocenters. The zero-order chi connectivity index (χ0) is 18.1. The second-order valence-corrected chi connectivity index (χ2v) is 6.14. The molecular weight excluding hydrogens is 316 g/mol. The third-order valence-corrected chi connectivity index (χ3v) is 3.90. The van der Waals surface area contributed by atoms with Gasteiger partial charge in [-0.1, -0.05) is 60.2 Å². The summed E-state index contributed by atoms with van der Waals surface area (Å²) >= 11 is 0. The van der Waals surface area contributed by atoms with Crippen molar-refractivity contribution in [3.05, 3.63) is 71.3 Å². The van der Waals surface area contributed by atoms with Crippen LogP contribution in [0.2, 0.25) is 0 Å². The average molecular weight is 340 g/mol. The van der Waals surface area contributed by atoms with Crippen molar-refractivity contribution in [3.8, 4) is 0 Å². The quantitative estimate of drug-likeness (QED) is 0.690. The van der Waals surface area contributed by atoms with Gasteiger partial charge in [-0.2, -0.15) is 0 Å². The van der Waals surface area contributed by atoms with Gasteiger partial charge in [0.05, 0.1) is 0 Å². The first-order valence-corrected chi connectivity index (χ1v) is 8.38. The van der Waals surface area contributed by atoms with Gasteiger partial charge in [-0.15, -0.1) is 0 Å². The first-order valence-electron chi connectivity index (χ1n) is 8.38. The Balaban J connectivity index is 1.90. The summed E-state index contributed by atoms with van der Waals surface area (Å²) < 4.78 is 0. The molecule has 0 aliphatic heterocycles. The highest BCUT2D eigenvalue weighted by Gasteiger charge is 2.14. The number of carbonyl (C=O) groups excluding carboxylic acids is 1. The van der Waals surface area contributed by atoms with Crippen molar-refractivity contribution >= 4 is 12.0 Å². The van der Waals surface area contributed by atoms with Crippen LogP contribution in [0, 0.1) is 6.92 Å². The SMILES string of the molecule is Cc1cccc(CNC(=O)NC(CCC(=O)O)Cc2ccccc2)c1. The minimum atomic E-state index is -0.861. The molecule has 2 aromatic rings. The molecule has 0 heterocycles. The standard InChI is InChI=1S/C20H24N2O3/c1-15-6-5-9-17(12-15)14-21-20(25)22-18(10-11-19(23)24)13-16-7-3-2-4-8-16/h2-9,12,18H,10-11,13-14H2,1H3,(H,23,24)(H2,21,22,25). The predicted molar refractivity (Wildman–Crippen MR) is 97.4 cm³/mol. The summed E-state index contributed by atoms with van der Waals surface area (Å²) in [6, 6.07) is 17.2. The summed E-state index contributed by atoms with van der Waals surface area (Å²) in [5, 5.41) is 14.6. The van der Waals surface area contributed by atoms with Gasteiger partial charge in [-0.05, 0) is 30.9 Å². The van der Waals surface area contributed by atoms with E-state index >= 15 is 0 Å². The molecule has 0 saturated carbocycles. The number of rotatable bonds is 8. The van der Waals surface area contributed by atoms with Gasteiger partial charge < -0.3 is 15.7 Å². The monoisotopic (exact) mass is 340 g/mol. The van der Waals surface area contributed by atoms with Crippen LogP contribution in [0.3, 0.4) is 0 Å². The number of nitrogens with one attached hydrogen (secondary N) is 2. The summed E-state index contributed by atoms with van der Waals surface area (Å²) in [5.74, 6) is -0.861. The third kappa shape index (κ3) is 7.08. The molecular formula is C20H24N2O3. The number of hydrogen-bond acceptors (Lipinski definition) is 2. The Labute approximate surface area is 148 Å². The number of hydrogen-bond donors (Lipinski definition) is 3. The van der Waals surface area contributed by atoms with E-state index in [-0.39, 0.29) is 18.5 Å². The van der Waals surface area contributed by atoms with Crippen LogP contribution in [0.1, 0.15) is 29.5 Å². The second-order valence-electron chi connectivity index (χ2n) is 6.14. The zero-order valence-electron chi connectivity index (χ0n) is 14.4. The van der Waals surface area contributed by atoms with Crippen LogP contribution >= 0.6 is 0 Å². The molecule has 132 valence electrons. The molecule has 0 aliphatic rings. The van der Waals surface area contributed by atoms with Gasteiger partial charge >= 0.3 is 12.0 Å². The van der Waals surface area contributed by atoms with Gasteiger partial charge in [0.1, 0.15) is 0 Å². The molecule has 0 radical (unpaired) electrons. The highest BCUT2D eigenvalue weighted by Crippen LogP contribution is 2.08. The fourth-order valence-electron chi connectivity index (χ4n) is 2.66. The molecule has 0 aromatic heterocycles.